The molecule has 1 rings (SSSR count). The van der Waals surface area contributed by atoms with E-state index in [9.17, 15) is 4.21 Å². The Balaban J connectivity index is 2.25. The van der Waals surface area contributed by atoms with Crippen molar-refractivity contribution in [2.24, 2.45) is 0 Å². The third kappa shape index (κ3) is 4.95. The molecular weight excluding hydrogens is 278 g/mol. The van der Waals surface area contributed by atoms with Gasteiger partial charge < -0.3 is 9.73 Å². The maximum absolute atomic E-state index is 10.9. The fourth-order valence-corrected chi connectivity index (χ4v) is 2.19. The minimum absolute atomic E-state index is 0.353. The van der Waals surface area contributed by atoms with Crippen LogP contribution >= 0.6 is 15.9 Å². The molecule has 0 saturated carbocycles. The van der Waals surface area contributed by atoms with Crippen molar-refractivity contribution < 1.29 is 8.63 Å². The lowest BCUT2D eigenvalue weighted by Gasteiger charge is -2.11. The summed E-state index contributed by atoms with van der Waals surface area (Å²) in [7, 11) is -0.704. The molecule has 0 spiro atoms. The van der Waals surface area contributed by atoms with Crippen molar-refractivity contribution in [1.29, 1.82) is 0 Å². The number of hydrogen-bond acceptors (Lipinski definition) is 3. The smallest absolute Gasteiger partial charge is 0.131 e. The Morgan fingerprint density at radius 2 is 2.40 bits per heavy atom. The van der Waals surface area contributed by atoms with Gasteiger partial charge in [-0.2, -0.15) is 0 Å². The summed E-state index contributed by atoms with van der Waals surface area (Å²) in [5.41, 5.74) is 0. The van der Waals surface area contributed by atoms with Crippen LogP contribution in [0.25, 0.3) is 0 Å². The van der Waals surface area contributed by atoms with Crippen LogP contribution in [-0.2, 0) is 17.3 Å². The molecular formula is C10H16BrNO2S. The number of halogens is 1. The third-order valence-electron chi connectivity index (χ3n) is 2.14. The van der Waals surface area contributed by atoms with Crippen LogP contribution in [0, 0.1) is 0 Å². The Bertz CT molecular complexity index is 327. The molecule has 5 heteroatoms. The van der Waals surface area contributed by atoms with Gasteiger partial charge in [-0.3, -0.25) is 4.21 Å². The van der Waals surface area contributed by atoms with E-state index in [-0.39, 0.29) is 0 Å². The predicted molar refractivity (Wildman–Crippen MR) is 66.3 cm³/mol. The molecule has 0 amide bonds. The molecule has 1 aromatic heterocycles. The zero-order valence-corrected chi connectivity index (χ0v) is 11.4. The molecule has 3 nitrogen and oxygen atoms in total. The van der Waals surface area contributed by atoms with E-state index >= 15 is 0 Å². The molecule has 0 fully saturated rings. The summed E-state index contributed by atoms with van der Waals surface area (Å²) >= 11 is 3.40. The molecule has 1 heterocycles. The minimum Gasteiger partial charge on any atom is -0.467 e. The van der Waals surface area contributed by atoms with Crippen molar-refractivity contribution in [3.8, 4) is 0 Å². The largest absolute Gasteiger partial charge is 0.467 e. The first-order valence-electron chi connectivity index (χ1n) is 4.85. The molecule has 0 aliphatic rings. The van der Waals surface area contributed by atoms with Gasteiger partial charge in [0.1, 0.15) is 5.76 Å². The molecule has 0 radical (unpaired) electrons. The van der Waals surface area contributed by atoms with Crippen LogP contribution in [0.4, 0.5) is 0 Å². The topological polar surface area (TPSA) is 42.2 Å². The van der Waals surface area contributed by atoms with Gasteiger partial charge in [0.2, 0.25) is 0 Å². The normalized spacial score (nSPS) is 15.1. The second-order valence-corrected chi connectivity index (χ2v) is 5.95. The highest BCUT2D eigenvalue weighted by molar-refractivity contribution is 9.10. The van der Waals surface area contributed by atoms with E-state index in [0.29, 0.717) is 12.6 Å². The van der Waals surface area contributed by atoms with Gasteiger partial charge in [-0.15, -0.1) is 0 Å². The Morgan fingerprint density at radius 3 is 2.93 bits per heavy atom. The average molecular weight is 294 g/mol. The van der Waals surface area contributed by atoms with Crippen molar-refractivity contribution in [3.63, 3.8) is 0 Å². The van der Waals surface area contributed by atoms with Gasteiger partial charge in [-0.1, -0.05) is 0 Å². The van der Waals surface area contributed by atoms with E-state index in [2.05, 4.69) is 28.2 Å². The van der Waals surface area contributed by atoms with Crippen molar-refractivity contribution in [1.82, 2.24) is 5.32 Å². The third-order valence-corrected chi connectivity index (χ3v) is 3.66. The van der Waals surface area contributed by atoms with Crippen LogP contribution in [0.3, 0.4) is 0 Å². The monoisotopic (exact) mass is 293 g/mol. The molecule has 1 aromatic rings. The molecule has 2 unspecified atom stereocenters. The number of furan rings is 1. The van der Waals surface area contributed by atoms with E-state index in [4.69, 9.17) is 4.42 Å². The van der Waals surface area contributed by atoms with E-state index in [1.807, 2.05) is 6.07 Å². The first kappa shape index (κ1) is 12.9. The second-order valence-electron chi connectivity index (χ2n) is 3.54. The van der Waals surface area contributed by atoms with Crippen LogP contribution in [0.15, 0.2) is 21.2 Å². The van der Waals surface area contributed by atoms with Gasteiger partial charge in [0.15, 0.2) is 0 Å². The molecule has 0 aliphatic heterocycles. The Labute approximate surface area is 101 Å². The molecule has 0 saturated heterocycles. The molecule has 1 N–H and O–H groups in total. The maximum atomic E-state index is 10.9. The zero-order chi connectivity index (χ0) is 11.3. The highest BCUT2D eigenvalue weighted by atomic mass is 79.9. The molecule has 0 aliphatic carbocycles. The molecule has 2 atom stereocenters. The molecule has 15 heavy (non-hydrogen) atoms. The lowest BCUT2D eigenvalue weighted by atomic mass is 10.2. The molecule has 0 bridgehead atoms. The van der Waals surface area contributed by atoms with Gasteiger partial charge in [0, 0.05) is 28.9 Å². The predicted octanol–water partition coefficient (Wildman–Crippen LogP) is 2.29. The van der Waals surface area contributed by atoms with Crippen molar-refractivity contribution in [3.05, 3.63) is 22.6 Å². The van der Waals surface area contributed by atoms with Crippen LogP contribution in [0.1, 0.15) is 19.1 Å². The van der Waals surface area contributed by atoms with Gasteiger partial charge in [-0.25, -0.2) is 0 Å². The van der Waals surface area contributed by atoms with E-state index in [1.54, 1.807) is 12.5 Å². The van der Waals surface area contributed by atoms with Gasteiger partial charge in [0.05, 0.1) is 17.3 Å². The fourth-order valence-electron chi connectivity index (χ4n) is 1.16. The number of hydrogen-bond donors (Lipinski definition) is 1. The highest BCUT2D eigenvalue weighted by Crippen LogP contribution is 2.17. The first-order valence-corrected chi connectivity index (χ1v) is 7.37. The highest BCUT2D eigenvalue weighted by Gasteiger charge is 2.06. The standard InChI is InChI=1S/C10H16BrNO2S/c1-8(4-6-15(2)13)12-7-10-9(11)3-5-14-10/h3,5,8,12H,4,6-7H2,1-2H3. The van der Waals surface area contributed by atoms with Crippen LogP contribution in [0.2, 0.25) is 0 Å². The SMILES string of the molecule is CC(CCS(C)=O)NCc1occc1Br. The minimum atomic E-state index is -0.704. The van der Waals surface area contributed by atoms with E-state index < -0.39 is 10.8 Å². The zero-order valence-electron chi connectivity index (χ0n) is 8.96. The van der Waals surface area contributed by atoms with E-state index in [1.165, 1.54) is 0 Å². The summed E-state index contributed by atoms with van der Waals surface area (Å²) in [5, 5.41) is 3.32. The second kappa shape index (κ2) is 6.45. The summed E-state index contributed by atoms with van der Waals surface area (Å²) in [4.78, 5) is 0. The lowest BCUT2D eigenvalue weighted by molar-refractivity contribution is 0.449. The van der Waals surface area contributed by atoms with E-state index in [0.717, 1.165) is 22.4 Å². The fraction of sp³-hybridized carbons (Fsp3) is 0.600. The first-order chi connectivity index (χ1) is 7.09. The summed E-state index contributed by atoms with van der Waals surface area (Å²) in [6.45, 7) is 2.79. The summed E-state index contributed by atoms with van der Waals surface area (Å²) < 4.78 is 17.2. The Morgan fingerprint density at radius 1 is 1.67 bits per heavy atom. The van der Waals surface area contributed by atoms with Crippen LogP contribution < -0.4 is 5.32 Å². The van der Waals surface area contributed by atoms with Crippen molar-refractivity contribution >= 4 is 26.7 Å². The quantitative estimate of drug-likeness (QED) is 0.875. The van der Waals surface area contributed by atoms with Crippen LogP contribution in [0.5, 0.6) is 0 Å². The Hall–Kier alpha value is -0.130. The molecule has 0 aromatic carbocycles. The van der Waals surface area contributed by atoms with Crippen molar-refractivity contribution in [2.45, 2.75) is 25.9 Å². The summed E-state index contributed by atoms with van der Waals surface area (Å²) in [6.07, 6.45) is 4.31. The van der Waals surface area contributed by atoms with Gasteiger partial charge in [-0.05, 0) is 35.3 Å². The van der Waals surface area contributed by atoms with Gasteiger partial charge in [0.25, 0.3) is 0 Å². The van der Waals surface area contributed by atoms with Crippen LogP contribution in [-0.4, -0.2) is 22.3 Å². The summed E-state index contributed by atoms with van der Waals surface area (Å²) in [6, 6.07) is 2.23. The number of nitrogens with one attached hydrogen (secondary N) is 1. The molecule has 86 valence electrons. The lowest BCUT2D eigenvalue weighted by Crippen LogP contribution is -2.26. The average Bonchev–Trinajstić information content (AvgIpc) is 2.58. The van der Waals surface area contributed by atoms with Gasteiger partial charge >= 0.3 is 0 Å². The maximum Gasteiger partial charge on any atom is 0.131 e. The Kier molecular flexibility index (Phi) is 5.56. The van der Waals surface area contributed by atoms with Crippen molar-refractivity contribution in [2.75, 3.05) is 12.0 Å². The number of rotatable bonds is 6. The summed E-state index contributed by atoms with van der Waals surface area (Å²) in [5.74, 6) is 1.65.